The van der Waals surface area contributed by atoms with Crippen molar-refractivity contribution in [1.82, 2.24) is 15.6 Å². The first-order valence-corrected chi connectivity index (χ1v) is 8.41. The number of nitrogens with zero attached hydrogens (tertiary/aromatic N) is 2. The van der Waals surface area contributed by atoms with Gasteiger partial charge in [-0.25, -0.2) is 8.78 Å². The normalized spacial score (nSPS) is 12.3. The van der Waals surface area contributed by atoms with Gasteiger partial charge in [0.1, 0.15) is 11.6 Å². The molecule has 1 aromatic heterocycles. The average molecular weight is 474 g/mol. The minimum Gasteiger partial charge on any atom is -0.357 e. The molecular weight excluding hydrogens is 449 g/mol. The second kappa shape index (κ2) is 11.1. The molecule has 0 aliphatic carbocycles. The average Bonchev–Trinajstić information content (AvgIpc) is 2.56. The van der Waals surface area contributed by atoms with E-state index in [-0.39, 0.29) is 30.0 Å². The van der Waals surface area contributed by atoms with Gasteiger partial charge >= 0.3 is 0 Å². The molecule has 0 bridgehead atoms. The summed E-state index contributed by atoms with van der Waals surface area (Å²) in [6.07, 6.45) is 2.62. The van der Waals surface area contributed by atoms with E-state index in [1.54, 1.807) is 0 Å². The number of hydrogen-bond donors (Lipinski definition) is 2. The van der Waals surface area contributed by atoms with Crippen LogP contribution in [0.1, 0.15) is 36.7 Å². The molecule has 0 saturated carbocycles. The Labute approximate surface area is 170 Å². The Balaban J connectivity index is 0.00000338. The Kier molecular flexibility index (Phi) is 9.47. The summed E-state index contributed by atoms with van der Waals surface area (Å²) in [6.45, 7) is 7.00. The standard InChI is InChI=1S/C19H24F2N4.HI/c1-4-22-19(23-10-9-15-6-5-13(2)24-12-15)25-14(3)17-8-7-16(20)11-18(17)21;/h5-8,11-12,14H,4,9-10H2,1-3H3,(H2,22,23,25);1H. The number of aryl methyl sites for hydroxylation is 1. The van der Waals surface area contributed by atoms with Gasteiger partial charge in [0.15, 0.2) is 5.96 Å². The van der Waals surface area contributed by atoms with Gasteiger partial charge in [0.05, 0.1) is 6.04 Å². The topological polar surface area (TPSA) is 49.3 Å². The summed E-state index contributed by atoms with van der Waals surface area (Å²) in [6, 6.07) is 7.27. The second-order valence-corrected chi connectivity index (χ2v) is 5.85. The van der Waals surface area contributed by atoms with E-state index < -0.39 is 11.6 Å². The highest BCUT2D eigenvalue weighted by atomic mass is 127. The lowest BCUT2D eigenvalue weighted by molar-refractivity contribution is 0.551. The lowest BCUT2D eigenvalue weighted by Crippen LogP contribution is -2.39. The summed E-state index contributed by atoms with van der Waals surface area (Å²) in [5.74, 6) is -0.555. The number of pyridine rings is 1. The van der Waals surface area contributed by atoms with Gasteiger partial charge in [0.25, 0.3) is 0 Å². The molecule has 0 amide bonds. The van der Waals surface area contributed by atoms with Crippen molar-refractivity contribution in [1.29, 1.82) is 0 Å². The van der Waals surface area contributed by atoms with E-state index in [9.17, 15) is 8.78 Å². The van der Waals surface area contributed by atoms with Crippen molar-refractivity contribution in [2.45, 2.75) is 33.2 Å². The molecule has 0 saturated heterocycles. The molecule has 1 heterocycles. The molecule has 1 unspecified atom stereocenters. The van der Waals surface area contributed by atoms with Crippen LogP contribution in [0.25, 0.3) is 0 Å². The highest BCUT2D eigenvalue weighted by Crippen LogP contribution is 2.17. The van der Waals surface area contributed by atoms with E-state index in [1.807, 2.05) is 39.1 Å². The molecule has 2 rings (SSSR count). The lowest BCUT2D eigenvalue weighted by Gasteiger charge is -2.18. The molecule has 2 aromatic rings. The second-order valence-electron chi connectivity index (χ2n) is 5.85. The largest absolute Gasteiger partial charge is 0.357 e. The molecule has 2 N–H and O–H groups in total. The number of hydrogen-bond acceptors (Lipinski definition) is 2. The van der Waals surface area contributed by atoms with Gasteiger partial charge in [-0.05, 0) is 44.9 Å². The summed E-state index contributed by atoms with van der Waals surface area (Å²) in [5.41, 5.74) is 2.50. The van der Waals surface area contributed by atoms with Crippen LogP contribution in [-0.4, -0.2) is 24.0 Å². The van der Waals surface area contributed by atoms with E-state index in [1.165, 1.54) is 12.1 Å². The van der Waals surface area contributed by atoms with Crippen LogP contribution in [0, 0.1) is 18.6 Å². The van der Waals surface area contributed by atoms with Crippen molar-refractivity contribution in [3.05, 3.63) is 65.0 Å². The van der Waals surface area contributed by atoms with E-state index in [0.717, 1.165) is 23.7 Å². The van der Waals surface area contributed by atoms with E-state index in [0.29, 0.717) is 24.6 Å². The summed E-state index contributed by atoms with van der Waals surface area (Å²) >= 11 is 0. The molecule has 26 heavy (non-hydrogen) atoms. The zero-order valence-corrected chi connectivity index (χ0v) is 17.6. The van der Waals surface area contributed by atoms with Gasteiger partial charge in [-0.3, -0.25) is 9.98 Å². The highest BCUT2D eigenvalue weighted by Gasteiger charge is 2.13. The maximum atomic E-state index is 13.9. The predicted octanol–water partition coefficient (Wildman–Crippen LogP) is 4.15. The fourth-order valence-electron chi connectivity index (χ4n) is 2.40. The maximum absolute atomic E-state index is 13.9. The summed E-state index contributed by atoms with van der Waals surface area (Å²) in [5, 5.41) is 6.29. The third kappa shape index (κ3) is 6.86. The van der Waals surface area contributed by atoms with Gasteiger partial charge < -0.3 is 10.6 Å². The molecule has 1 atom stereocenters. The molecule has 0 spiro atoms. The van der Waals surface area contributed by atoms with Gasteiger partial charge in [0, 0.05) is 36.6 Å². The Bertz CT molecular complexity index is 720. The van der Waals surface area contributed by atoms with Crippen molar-refractivity contribution >= 4 is 29.9 Å². The minimum atomic E-state index is -0.583. The molecule has 4 nitrogen and oxygen atoms in total. The zero-order chi connectivity index (χ0) is 18.2. The molecule has 0 radical (unpaired) electrons. The number of aliphatic imine (C=N–C) groups is 1. The number of nitrogens with one attached hydrogen (secondary N) is 2. The van der Waals surface area contributed by atoms with Crippen molar-refractivity contribution in [3.63, 3.8) is 0 Å². The summed E-state index contributed by atoms with van der Waals surface area (Å²) in [7, 11) is 0. The third-order valence-electron chi connectivity index (χ3n) is 3.77. The Morgan fingerprint density at radius 1 is 1.23 bits per heavy atom. The van der Waals surface area contributed by atoms with E-state index in [2.05, 4.69) is 20.6 Å². The zero-order valence-electron chi connectivity index (χ0n) is 15.2. The number of aromatic nitrogens is 1. The first-order chi connectivity index (χ1) is 12.0. The molecule has 0 aliphatic heterocycles. The van der Waals surface area contributed by atoms with Gasteiger partial charge in [-0.1, -0.05) is 12.1 Å². The Morgan fingerprint density at radius 2 is 2.00 bits per heavy atom. The quantitative estimate of drug-likeness (QED) is 0.376. The first-order valence-electron chi connectivity index (χ1n) is 8.41. The molecule has 0 fully saturated rings. The van der Waals surface area contributed by atoms with Crippen LogP contribution in [-0.2, 0) is 6.42 Å². The highest BCUT2D eigenvalue weighted by molar-refractivity contribution is 14.0. The van der Waals surface area contributed by atoms with Crippen LogP contribution in [0.15, 0.2) is 41.5 Å². The molecule has 1 aromatic carbocycles. The number of rotatable bonds is 6. The fraction of sp³-hybridized carbons (Fsp3) is 0.368. The van der Waals surface area contributed by atoms with Crippen LogP contribution in [0.4, 0.5) is 8.78 Å². The third-order valence-corrected chi connectivity index (χ3v) is 3.77. The minimum absolute atomic E-state index is 0. The first kappa shape index (κ1) is 22.3. The monoisotopic (exact) mass is 474 g/mol. The van der Waals surface area contributed by atoms with Gasteiger partial charge in [0.2, 0.25) is 0 Å². The van der Waals surface area contributed by atoms with Crippen molar-refractivity contribution in [3.8, 4) is 0 Å². The predicted molar refractivity (Wildman–Crippen MR) is 112 cm³/mol. The molecule has 7 heteroatoms. The van der Waals surface area contributed by atoms with E-state index >= 15 is 0 Å². The number of guanidine groups is 1. The van der Waals surface area contributed by atoms with Crippen LogP contribution in [0.5, 0.6) is 0 Å². The summed E-state index contributed by atoms with van der Waals surface area (Å²) < 4.78 is 26.9. The van der Waals surface area contributed by atoms with Crippen LogP contribution in [0.3, 0.4) is 0 Å². The van der Waals surface area contributed by atoms with Crippen LogP contribution >= 0.6 is 24.0 Å². The Morgan fingerprint density at radius 3 is 2.62 bits per heavy atom. The van der Waals surface area contributed by atoms with Gasteiger partial charge in [-0.2, -0.15) is 0 Å². The van der Waals surface area contributed by atoms with Gasteiger partial charge in [-0.15, -0.1) is 24.0 Å². The fourth-order valence-corrected chi connectivity index (χ4v) is 2.40. The van der Waals surface area contributed by atoms with Crippen molar-refractivity contribution in [2.75, 3.05) is 13.1 Å². The smallest absolute Gasteiger partial charge is 0.191 e. The Hall–Kier alpha value is -1.77. The SMILES string of the molecule is CCNC(=NCCc1ccc(C)nc1)NC(C)c1ccc(F)cc1F.I. The summed E-state index contributed by atoms with van der Waals surface area (Å²) in [4.78, 5) is 8.78. The maximum Gasteiger partial charge on any atom is 0.191 e. The van der Waals surface area contributed by atoms with Crippen LogP contribution < -0.4 is 10.6 Å². The number of halogens is 3. The van der Waals surface area contributed by atoms with Crippen molar-refractivity contribution < 1.29 is 8.78 Å². The number of benzene rings is 1. The van der Waals surface area contributed by atoms with E-state index in [4.69, 9.17) is 0 Å². The van der Waals surface area contributed by atoms with Crippen molar-refractivity contribution in [2.24, 2.45) is 4.99 Å². The molecular formula is C19H25F2IN4. The lowest BCUT2D eigenvalue weighted by atomic mass is 10.1. The molecule has 142 valence electrons. The van der Waals surface area contributed by atoms with Crippen LogP contribution in [0.2, 0.25) is 0 Å². The molecule has 0 aliphatic rings.